The highest BCUT2D eigenvalue weighted by Crippen LogP contribution is 2.18. The first kappa shape index (κ1) is 20.3. The number of ether oxygens (including phenoxy) is 2. The average molecular weight is 404 g/mol. The van der Waals surface area contributed by atoms with Crippen LogP contribution in [0.5, 0.6) is 5.75 Å². The predicted octanol–water partition coefficient (Wildman–Crippen LogP) is 1.29. The van der Waals surface area contributed by atoms with E-state index in [4.69, 9.17) is 9.47 Å². The second kappa shape index (κ2) is 8.72. The summed E-state index contributed by atoms with van der Waals surface area (Å²) in [5, 5.41) is 4.16. The van der Waals surface area contributed by atoms with Gasteiger partial charge in [0.25, 0.3) is 11.5 Å². The van der Waals surface area contributed by atoms with Crippen molar-refractivity contribution in [1.29, 1.82) is 0 Å². The zero-order chi connectivity index (χ0) is 21.0. The van der Waals surface area contributed by atoms with Gasteiger partial charge in [0.1, 0.15) is 5.82 Å². The lowest BCUT2D eigenvalue weighted by Crippen LogP contribution is -2.51. The van der Waals surface area contributed by atoms with E-state index in [1.807, 2.05) is 0 Å². The summed E-state index contributed by atoms with van der Waals surface area (Å²) >= 11 is 0. The summed E-state index contributed by atoms with van der Waals surface area (Å²) in [7, 11) is 1.34. The first-order valence-electron chi connectivity index (χ1n) is 9.10. The molecule has 3 rings (SSSR count). The van der Waals surface area contributed by atoms with Crippen molar-refractivity contribution >= 4 is 12.0 Å². The van der Waals surface area contributed by atoms with Crippen LogP contribution in [-0.4, -0.2) is 71.5 Å². The molecule has 1 aromatic heterocycles. The number of amides is 2. The minimum absolute atomic E-state index is 0.0407. The lowest BCUT2D eigenvalue weighted by atomic mass is 10.2. The maximum atomic E-state index is 13.2. The molecule has 2 amide bonds. The maximum absolute atomic E-state index is 13.2. The van der Waals surface area contributed by atoms with Gasteiger partial charge in [0.05, 0.1) is 25.5 Å². The highest BCUT2D eigenvalue weighted by Gasteiger charge is 2.28. The normalized spacial score (nSPS) is 13.9. The van der Waals surface area contributed by atoms with Crippen LogP contribution in [0.1, 0.15) is 17.4 Å². The molecule has 1 aliphatic heterocycles. The second-order valence-corrected chi connectivity index (χ2v) is 6.27. The minimum Gasteiger partial charge on any atom is -0.494 e. The molecule has 1 aromatic carbocycles. The number of hydrogen-bond donors (Lipinski definition) is 0. The summed E-state index contributed by atoms with van der Waals surface area (Å²) in [6.45, 7) is 3.24. The third kappa shape index (κ3) is 4.36. The number of carbonyl (C=O) groups excluding carboxylic acids is 2. The monoisotopic (exact) mass is 404 g/mol. The first-order chi connectivity index (χ1) is 13.9. The number of methoxy groups -OCH3 is 1. The van der Waals surface area contributed by atoms with Crippen molar-refractivity contribution in [2.45, 2.75) is 6.92 Å². The van der Waals surface area contributed by atoms with Gasteiger partial charge in [-0.2, -0.15) is 9.78 Å². The molecule has 1 saturated heterocycles. The molecule has 0 saturated carbocycles. The molecule has 154 valence electrons. The third-order valence-corrected chi connectivity index (χ3v) is 4.48. The van der Waals surface area contributed by atoms with Gasteiger partial charge in [-0.3, -0.25) is 9.59 Å². The highest BCUT2D eigenvalue weighted by molar-refractivity contribution is 5.95. The van der Waals surface area contributed by atoms with Crippen molar-refractivity contribution in [2.75, 3.05) is 39.9 Å². The largest absolute Gasteiger partial charge is 0.494 e. The van der Waals surface area contributed by atoms with Crippen LogP contribution in [0.3, 0.4) is 0 Å². The fraction of sp³-hybridized carbons (Fsp3) is 0.368. The SMILES string of the molecule is CCOC(=O)N1CCN(C(=O)c2nn(-c3ccc(F)cc3)c(=O)cc2OC)CC1. The van der Waals surface area contributed by atoms with E-state index < -0.39 is 23.4 Å². The molecule has 0 spiro atoms. The molecule has 10 heteroatoms. The number of rotatable bonds is 4. The summed E-state index contributed by atoms with van der Waals surface area (Å²) in [6, 6.07) is 6.34. The van der Waals surface area contributed by atoms with Gasteiger partial charge in [-0.05, 0) is 31.2 Å². The smallest absolute Gasteiger partial charge is 0.409 e. The Bertz CT molecular complexity index is 952. The Hall–Kier alpha value is -3.43. The van der Waals surface area contributed by atoms with Crippen molar-refractivity contribution in [2.24, 2.45) is 0 Å². The van der Waals surface area contributed by atoms with Gasteiger partial charge < -0.3 is 19.3 Å². The van der Waals surface area contributed by atoms with Crippen LogP contribution in [0.25, 0.3) is 5.69 Å². The van der Waals surface area contributed by atoms with Crippen LogP contribution in [0.15, 0.2) is 35.1 Å². The average Bonchev–Trinajstić information content (AvgIpc) is 2.74. The summed E-state index contributed by atoms with van der Waals surface area (Å²) in [5.41, 5.74) is -0.238. The van der Waals surface area contributed by atoms with E-state index in [0.29, 0.717) is 18.8 Å². The Morgan fingerprint density at radius 2 is 1.72 bits per heavy atom. The minimum atomic E-state index is -0.517. The van der Waals surface area contributed by atoms with E-state index in [1.165, 1.54) is 47.2 Å². The summed E-state index contributed by atoms with van der Waals surface area (Å²) in [6.07, 6.45) is -0.417. The number of benzene rings is 1. The quantitative estimate of drug-likeness (QED) is 0.762. The Balaban J connectivity index is 1.85. The number of hydrogen-bond acceptors (Lipinski definition) is 6. The Kier molecular flexibility index (Phi) is 6.10. The molecule has 0 aliphatic carbocycles. The molecule has 1 aliphatic rings. The number of nitrogens with zero attached hydrogens (tertiary/aromatic N) is 4. The Morgan fingerprint density at radius 1 is 1.10 bits per heavy atom. The van der Waals surface area contributed by atoms with E-state index in [2.05, 4.69) is 5.10 Å². The van der Waals surface area contributed by atoms with Crippen LogP contribution < -0.4 is 10.3 Å². The Labute approximate surface area is 166 Å². The summed E-state index contributed by atoms with van der Waals surface area (Å²) < 4.78 is 24.3. The zero-order valence-corrected chi connectivity index (χ0v) is 16.1. The summed E-state index contributed by atoms with van der Waals surface area (Å²) in [5.74, 6) is -0.835. The third-order valence-electron chi connectivity index (χ3n) is 4.48. The molecule has 2 aromatic rings. The van der Waals surface area contributed by atoms with E-state index in [9.17, 15) is 18.8 Å². The lowest BCUT2D eigenvalue weighted by Gasteiger charge is -2.34. The molecule has 0 N–H and O–H groups in total. The molecular weight excluding hydrogens is 383 g/mol. The van der Waals surface area contributed by atoms with Gasteiger partial charge in [0.15, 0.2) is 11.4 Å². The van der Waals surface area contributed by atoms with E-state index in [0.717, 1.165) is 4.68 Å². The number of halogens is 1. The first-order valence-corrected chi connectivity index (χ1v) is 9.10. The fourth-order valence-corrected chi connectivity index (χ4v) is 2.97. The number of piperazine rings is 1. The number of carbonyl (C=O) groups is 2. The molecular formula is C19H21FN4O5. The van der Waals surface area contributed by atoms with Crippen LogP contribution in [0.2, 0.25) is 0 Å². The number of aromatic nitrogens is 2. The molecule has 29 heavy (non-hydrogen) atoms. The maximum Gasteiger partial charge on any atom is 0.409 e. The van der Waals surface area contributed by atoms with Crippen molar-refractivity contribution in [3.63, 3.8) is 0 Å². The van der Waals surface area contributed by atoms with Crippen LogP contribution >= 0.6 is 0 Å². The lowest BCUT2D eigenvalue weighted by molar-refractivity contribution is 0.0561. The Morgan fingerprint density at radius 3 is 2.31 bits per heavy atom. The molecule has 2 heterocycles. The van der Waals surface area contributed by atoms with Crippen molar-refractivity contribution < 1.29 is 23.5 Å². The fourth-order valence-electron chi connectivity index (χ4n) is 2.97. The molecule has 0 unspecified atom stereocenters. The molecule has 0 radical (unpaired) electrons. The zero-order valence-electron chi connectivity index (χ0n) is 16.1. The predicted molar refractivity (Wildman–Crippen MR) is 101 cm³/mol. The highest BCUT2D eigenvalue weighted by atomic mass is 19.1. The molecule has 0 atom stereocenters. The standard InChI is InChI=1S/C19H21FN4O5/c1-3-29-19(27)23-10-8-22(9-11-23)18(26)17-15(28-2)12-16(25)24(21-17)14-6-4-13(20)5-7-14/h4-7,12H,3,8-11H2,1-2H3. The van der Waals surface area contributed by atoms with Gasteiger partial charge in [0.2, 0.25) is 0 Å². The van der Waals surface area contributed by atoms with Gasteiger partial charge in [-0.25, -0.2) is 9.18 Å². The molecule has 0 bridgehead atoms. The van der Waals surface area contributed by atoms with E-state index in [-0.39, 0.29) is 31.1 Å². The molecule has 1 fully saturated rings. The summed E-state index contributed by atoms with van der Waals surface area (Å²) in [4.78, 5) is 40.2. The van der Waals surface area contributed by atoms with Gasteiger partial charge in [-0.1, -0.05) is 0 Å². The van der Waals surface area contributed by atoms with Crippen molar-refractivity contribution in [1.82, 2.24) is 19.6 Å². The molecule has 9 nitrogen and oxygen atoms in total. The van der Waals surface area contributed by atoms with Crippen LogP contribution in [0, 0.1) is 5.82 Å². The van der Waals surface area contributed by atoms with Gasteiger partial charge in [-0.15, -0.1) is 0 Å². The van der Waals surface area contributed by atoms with Gasteiger partial charge in [0, 0.05) is 26.2 Å². The second-order valence-electron chi connectivity index (χ2n) is 6.27. The van der Waals surface area contributed by atoms with E-state index >= 15 is 0 Å². The van der Waals surface area contributed by atoms with Crippen molar-refractivity contribution in [3.8, 4) is 11.4 Å². The van der Waals surface area contributed by atoms with Crippen LogP contribution in [0.4, 0.5) is 9.18 Å². The van der Waals surface area contributed by atoms with Crippen molar-refractivity contribution in [3.05, 3.63) is 52.2 Å². The van der Waals surface area contributed by atoms with Gasteiger partial charge >= 0.3 is 6.09 Å². The van der Waals surface area contributed by atoms with E-state index in [1.54, 1.807) is 6.92 Å². The van der Waals surface area contributed by atoms with Crippen LogP contribution in [-0.2, 0) is 4.74 Å². The topological polar surface area (TPSA) is 94.0 Å².